The molecule has 2 rings (SSSR count). The van der Waals surface area contributed by atoms with Crippen molar-refractivity contribution in [1.82, 2.24) is 15.4 Å². The Morgan fingerprint density at radius 3 is 2.85 bits per heavy atom. The maximum Gasteiger partial charge on any atom is 0.287 e. The van der Waals surface area contributed by atoms with E-state index in [0.717, 1.165) is 13.0 Å². The van der Waals surface area contributed by atoms with Crippen molar-refractivity contribution in [1.29, 1.82) is 0 Å². The third-order valence-corrected chi connectivity index (χ3v) is 4.77. The maximum absolute atomic E-state index is 12.0. The summed E-state index contributed by atoms with van der Waals surface area (Å²) in [5, 5.41) is 5.80. The quantitative estimate of drug-likeness (QED) is 0.722. The monoisotopic (exact) mass is 301 g/mol. The third-order valence-electron chi connectivity index (χ3n) is 3.48. The van der Waals surface area contributed by atoms with Crippen LogP contribution in [0.3, 0.4) is 0 Å². The minimum absolute atomic E-state index is 0.00315. The minimum Gasteiger partial charge on any atom is -0.438 e. The molecule has 20 heavy (non-hydrogen) atoms. The summed E-state index contributed by atoms with van der Waals surface area (Å²) >= 11 is 0. The van der Waals surface area contributed by atoms with E-state index in [9.17, 15) is 13.2 Å². The lowest BCUT2D eigenvalue weighted by Crippen LogP contribution is -2.50. The molecule has 0 saturated carbocycles. The van der Waals surface area contributed by atoms with Crippen LogP contribution in [0.2, 0.25) is 0 Å². The Morgan fingerprint density at radius 1 is 1.45 bits per heavy atom. The fourth-order valence-electron chi connectivity index (χ4n) is 2.11. The van der Waals surface area contributed by atoms with E-state index in [1.807, 2.05) is 0 Å². The molecular weight excluding hydrogens is 282 g/mol. The topological polar surface area (TPSA) is 100 Å². The highest BCUT2D eigenvalue weighted by molar-refractivity contribution is 7.89. The van der Waals surface area contributed by atoms with Gasteiger partial charge in [-0.25, -0.2) is 13.1 Å². The van der Waals surface area contributed by atoms with Crippen molar-refractivity contribution >= 4 is 15.9 Å². The van der Waals surface area contributed by atoms with Crippen molar-refractivity contribution in [3.05, 3.63) is 17.9 Å². The van der Waals surface area contributed by atoms with E-state index in [2.05, 4.69) is 22.3 Å². The highest BCUT2D eigenvalue weighted by Gasteiger charge is 2.25. The molecule has 1 aliphatic heterocycles. The number of hydrogen-bond acceptors (Lipinski definition) is 5. The van der Waals surface area contributed by atoms with Crippen LogP contribution in [0, 0.1) is 5.92 Å². The van der Waals surface area contributed by atoms with E-state index in [4.69, 9.17) is 4.42 Å². The van der Waals surface area contributed by atoms with Crippen LogP contribution in [0.1, 0.15) is 23.9 Å². The van der Waals surface area contributed by atoms with Crippen LogP contribution in [0.5, 0.6) is 0 Å². The molecule has 2 heterocycles. The number of carbonyl (C=O) groups is 1. The summed E-state index contributed by atoms with van der Waals surface area (Å²) < 4.78 is 30.3. The van der Waals surface area contributed by atoms with E-state index >= 15 is 0 Å². The summed E-state index contributed by atoms with van der Waals surface area (Å²) in [5.74, 6) is -0.0321. The Kier molecular flexibility index (Phi) is 4.46. The highest BCUT2D eigenvalue weighted by atomic mass is 32.2. The molecule has 112 valence electrons. The normalized spacial score (nSPS) is 23.5. The van der Waals surface area contributed by atoms with Crippen LogP contribution in [0.15, 0.2) is 21.6 Å². The Morgan fingerprint density at radius 2 is 2.20 bits per heavy atom. The predicted octanol–water partition coefficient (Wildman–Crippen LogP) is -0.0845. The predicted molar refractivity (Wildman–Crippen MR) is 72.9 cm³/mol. The summed E-state index contributed by atoms with van der Waals surface area (Å²) in [4.78, 5) is 12.0. The molecule has 1 aromatic heterocycles. The zero-order valence-electron chi connectivity index (χ0n) is 11.5. The zero-order valence-corrected chi connectivity index (χ0v) is 12.3. The van der Waals surface area contributed by atoms with Gasteiger partial charge in [0.15, 0.2) is 5.76 Å². The molecule has 0 spiro atoms. The second-order valence-corrected chi connectivity index (χ2v) is 6.69. The van der Waals surface area contributed by atoms with Crippen molar-refractivity contribution < 1.29 is 17.6 Å². The molecule has 7 nitrogen and oxygen atoms in total. The molecular formula is C12H19N3O4S. The second kappa shape index (κ2) is 5.94. The van der Waals surface area contributed by atoms with Gasteiger partial charge >= 0.3 is 0 Å². The van der Waals surface area contributed by atoms with Gasteiger partial charge in [0, 0.05) is 12.6 Å². The number of sulfonamides is 1. The lowest BCUT2D eigenvalue weighted by atomic mass is 9.95. The fraction of sp³-hybridized carbons (Fsp3) is 0.583. The number of nitrogens with one attached hydrogen (secondary N) is 3. The summed E-state index contributed by atoms with van der Waals surface area (Å²) in [7, 11) is -2.38. The van der Waals surface area contributed by atoms with E-state index in [0.29, 0.717) is 12.5 Å². The summed E-state index contributed by atoms with van der Waals surface area (Å²) in [6.45, 7) is 3.72. The van der Waals surface area contributed by atoms with Crippen LogP contribution in [0.25, 0.3) is 0 Å². The van der Waals surface area contributed by atoms with Gasteiger partial charge in [-0.2, -0.15) is 0 Å². The first kappa shape index (κ1) is 15.0. The molecule has 1 saturated heterocycles. The van der Waals surface area contributed by atoms with E-state index < -0.39 is 15.9 Å². The largest absolute Gasteiger partial charge is 0.438 e. The zero-order chi connectivity index (χ0) is 14.8. The van der Waals surface area contributed by atoms with Gasteiger partial charge in [-0.1, -0.05) is 6.92 Å². The molecule has 0 bridgehead atoms. The summed E-state index contributed by atoms with van der Waals surface area (Å²) in [5.41, 5.74) is 0. The molecule has 1 aliphatic rings. The van der Waals surface area contributed by atoms with Gasteiger partial charge in [-0.15, -0.1) is 0 Å². The first-order valence-electron chi connectivity index (χ1n) is 6.49. The van der Waals surface area contributed by atoms with Gasteiger partial charge < -0.3 is 15.1 Å². The molecule has 1 fully saturated rings. The summed E-state index contributed by atoms with van der Waals surface area (Å²) in [6, 6.07) is 2.65. The van der Waals surface area contributed by atoms with Crippen molar-refractivity contribution in [2.45, 2.75) is 24.5 Å². The first-order chi connectivity index (χ1) is 9.44. The number of furan rings is 1. The number of amides is 1. The fourth-order valence-corrected chi connectivity index (χ4v) is 2.76. The van der Waals surface area contributed by atoms with Crippen molar-refractivity contribution in [2.24, 2.45) is 5.92 Å². The van der Waals surface area contributed by atoms with Crippen LogP contribution < -0.4 is 15.4 Å². The van der Waals surface area contributed by atoms with E-state index in [1.54, 1.807) is 0 Å². The number of piperidine rings is 1. The SMILES string of the molecule is CNS(=O)(=O)c1ccc(C(=O)NC2CNCCC2C)o1. The highest BCUT2D eigenvalue weighted by Crippen LogP contribution is 2.15. The molecule has 1 aromatic rings. The van der Waals surface area contributed by atoms with Gasteiger partial charge in [0.05, 0.1) is 0 Å². The molecule has 8 heteroatoms. The van der Waals surface area contributed by atoms with Gasteiger partial charge in [0.25, 0.3) is 15.9 Å². The van der Waals surface area contributed by atoms with E-state index in [1.165, 1.54) is 19.2 Å². The lowest BCUT2D eigenvalue weighted by molar-refractivity contribution is 0.0881. The van der Waals surface area contributed by atoms with Crippen molar-refractivity contribution in [3.63, 3.8) is 0 Å². The maximum atomic E-state index is 12.0. The molecule has 0 radical (unpaired) electrons. The Bertz CT molecular complexity index is 581. The van der Waals surface area contributed by atoms with Crippen LogP contribution in [0.4, 0.5) is 0 Å². The van der Waals surface area contributed by atoms with Crippen molar-refractivity contribution in [2.75, 3.05) is 20.1 Å². The minimum atomic E-state index is -3.66. The van der Waals surface area contributed by atoms with Gasteiger partial charge in [-0.3, -0.25) is 4.79 Å². The van der Waals surface area contributed by atoms with Crippen LogP contribution in [-0.2, 0) is 10.0 Å². The van der Waals surface area contributed by atoms with Gasteiger partial charge in [-0.05, 0) is 38.1 Å². The number of rotatable bonds is 4. The second-order valence-electron chi connectivity index (χ2n) is 4.88. The van der Waals surface area contributed by atoms with Gasteiger partial charge in [0.2, 0.25) is 5.09 Å². The molecule has 0 aliphatic carbocycles. The molecule has 0 aromatic carbocycles. The lowest BCUT2D eigenvalue weighted by Gasteiger charge is -2.29. The van der Waals surface area contributed by atoms with Crippen LogP contribution in [-0.4, -0.2) is 40.5 Å². The number of carbonyl (C=O) groups excluding carboxylic acids is 1. The smallest absolute Gasteiger partial charge is 0.287 e. The molecule has 2 atom stereocenters. The van der Waals surface area contributed by atoms with Crippen LogP contribution >= 0.6 is 0 Å². The average molecular weight is 301 g/mol. The third kappa shape index (κ3) is 3.20. The molecule has 1 amide bonds. The van der Waals surface area contributed by atoms with E-state index in [-0.39, 0.29) is 16.9 Å². The molecule has 2 unspecified atom stereocenters. The molecule has 3 N–H and O–H groups in total. The summed E-state index contributed by atoms with van der Waals surface area (Å²) in [6.07, 6.45) is 0.989. The van der Waals surface area contributed by atoms with Gasteiger partial charge in [0.1, 0.15) is 0 Å². The Labute approximate surface area is 118 Å². The van der Waals surface area contributed by atoms with Crippen molar-refractivity contribution in [3.8, 4) is 0 Å². The Hall–Kier alpha value is -1.38. The Balaban J connectivity index is 2.06. The average Bonchev–Trinajstić information content (AvgIpc) is 2.92. The number of hydrogen-bond donors (Lipinski definition) is 3. The standard InChI is InChI=1S/C12H19N3O4S/c1-8-5-6-14-7-9(8)15-12(16)10-3-4-11(19-10)20(17,18)13-2/h3-4,8-9,13-14H,5-7H2,1-2H3,(H,15,16). The first-order valence-corrected chi connectivity index (χ1v) is 7.97.